The maximum absolute atomic E-state index is 12.2. The van der Waals surface area contributed by atoms with E-state index in [1.54, 1.807) is 19.1 Å². The summed E-state index contributed by atoms with van der Waals surface area (Å²) < 4.78 is 0. The molecule has 1 aliphatic rings. The second-order valence-electron chi connectivity index (χ2n) is 6.80. The molecule has 1 aromatic heterocycles. The molecule has 0 saturated carbocycles. The van der Waals surface area contributed by atoms with Crippen LogP contribution < -0.4 is 10.9 Å². The molecule has 1 unspecified atom stereocenters. The number of hydrogen-bond acceptors (Lipinski definition) is 3. The summed E-state index contributed by atoms with van der Waals surface area (Å²) in [6, 6.07) is 3.34. The number of amides is 1. The maximum Gasteiger partial charge on any atom is 0.260 e. The molecule has 5 nitrogen and oxygen atoms in total. The van der Waals surface area contributed by atoms with E-state index in [1.807, 2.05) is 0 Å². The minimum Gasteiger partial charge on any atom is -0.352 e. The fraction of sp³-hybridized carbons (Fsp3) is 0.579. The molecule has 0 spiro atoms. The molecule has 1 aliphatic heterocycles. The van der Waals surface area contributed by atoms with Crippen molar-refractivity contribution in [2.24, 2.45) is 5.92 Å². The number of piperidine rings is 1. The van der Waals surface area contributed by atoms with E-state index in [-0.39, 0.29) is 17.0 Å². The van der Waals surface area contributed by atoms with Crippen LogP contribution in [0.15, 0.2) is 28.6 Å². The molecular formula is C19H29N3O2. The molecule has 2 heterocycles. The first-order chi connectivity index (χ1) is 11.5. The molecule has 1 fully saturated rings. The van der Waals surface area contributed by atoms with Gasteiger partial charge in [-0.15, -0.1) is 0 Å². The van der Waals surface area contributed by atoms with Gasteiger partial charge in [0.2, 0.25) is 0 Å². The Morgan fingerprint density at radius 2 is 2.25 bits per heavy atom. The van der Waals surface area contributed by atoms with E-state index < -0.39 is 0 Å². The van der Waals surface area contributed by atoms with Crippen LogP contribution in [0, 0.1) is 12.8 Å². The summed E-state index contributed by atoms with van der Waals surface area (Å²) in [6.45, 7) is 9.89. The summed E-state index contributed by atoms with van der Waals surface area (Å²) in [5, 5.41) is 2.93. The van der Waals surface area contributed by atoms with Crippen LogP contribution in [0.2, 0.25) is 0 Å². The molecule has 1 atom stereocenters. The molecule has 0 aliphatic carbocycles. The highest BCUT2D eigenvalue weighted by molar-refractivity contribution is 5.93. The predicted molar refractivity (Wildman–Crippen MR) is 97.3 cm³/mol. The van der Waals surface area contributed by atoms with Crippen LogP contribution in [0.4, 0.5) is 0 Å². The van der Waals surface area contributed by atoms with Gasteiger partial charge in [-0.05, 0) is 57.7 Å². The molecule has 0 bridgehead atoms. The highest BCUT2D eigenvalue weighted by Gasteiger charge is 2.21. The van der Waals surface area contributed by atoms with E-state index in [4.69, 9.17) is 0 Å². The Morgan fingerprint density at radius 3 is 2.96 bits per heavy atom. The fourth-order valence-electron chi connectivity index (χ4n) is 3.31. The quantitative estimate of drug-likeness (QED) is 0.787. The minimum atomic E-state index is -0.321. The number of H-pyrrole nitrogens is 1. The number of aromatic amines is 1. The zero-order valence-corrected chi connectivity index (χ0v) is 15.0. The molecule has 1 amide bonds. The third-order valence-electron chi connectivity index (χ3n) is 4.48. The van der Waals surface area contributed by atoms with Gasteiger partial charge in [0.1, 0.15) is 5.56 Å². The van der Waals surface area contributed by atoms with Crippen molar-refractivity contribution in [3.8, 4) is 0 Å². The number of carbonyl (C=O) groups excluding carboxylic acids is 1. The number of allylic oxidation sites excluding steroid dienone is 1. The van der Waals surface area contributed by atoms with E-state index in [0.717, 1.165) is 44.6 Å². The molecule has 2 rings (SSSR count). The van der Waals surface area contributed by atoms with Gasteiger partial charge in [-0.2, -0.15) is 0 Å². The number of carbonyl (C=O) groups is 1. The topological polar surface area (TPSA) is 65.2 Å². The van der Waals surface area contributed by atoms with E-state index >= 15 is 0 Å². The van der Waals surface area contributed by atoms with Crippen LogP contribution in [-0.4, -0.2) is 42.0 Å². The summed E-state index contributed by atoms with van der Waals surface area (Å²) >= 11 is 0. The van der Waals surface area contributed by atoms with Crippen molar-refractivity contribution in [1.29, 1.82) is 0 Å². The number of nitrogens with one attached hydrogen (secondary N) is 2. The smallest absolute Gasteiger partial charge is 0.260 e. The van der Waals surface area contributed by atoms with Crippen molar-refractivity contribution in [2.75, 3.05) is 26.2 Å². The lowest BCUT2D eigenvalue weighted by Gasteiger charge is -2.33. The zero-order valence-electron chi connectivity index (χ0n) is 15.0. The number of rotatable bonds is 6. The maximum atomic E-state index is 12.2. The first kappa shape index (κ1) is 18.5. The molecule has 0 radical (unpaired) electrons. The zero-order chi connectivity index (χ0) is 17.5. The molecule has 5 heteroatoms. The van der Waals surface area contributed by atoms with E-state index in [2.05, 4.69) is 35.1 Å². The number of likely N-dealkylation sites (tertiary alicyclic amines) is 1. The van der Waals surface area contributed by atoms with Crippen molar-refractivity contribution in [1.82, 2.24) is 15.2 Å². The second kappa shape index (κ2) is 8.83. The molecular weight excluding hydrogens is 302 g/mol. The third kappa shape index (κ3) is 5.34. The molecule has 132 valence electrons. The normalized spacial score (nSPS) is 19.3. The molecule has 1 aromatic rings. The molecule has 0 aromatic carbocycles. The summed E-state index contributed by atoms with van der Waals surface area (Å²) in [5.41, 5.74) is 2.04. The standard InChI is InChI=1S/C19H29N3O2/c1-4-6-14(2)12-22-10-5-7-16(13-22)11-20-18(23)17-9-8-15(3)21-19(17)24/h6,8-9,16H,4-5,7,10-13H2,1-3H3,(H,20,23)(H,21,24). The van der Waals surface area contributed by atoms with Crippen molar-refractivity contribution in [2.45, 2.75) is 40.0 Å². The lowest BCUT2D eigenvalue weighted by atomic mass is 9.97. The Hall–Kier alpha value is -1.88. The first-order valence-electron chi connectivity index (χ1n) is 8.85. The Labute approximate surface area is 144 Å². The van der Waals surface area contributed by atoms with Crippen molar-refractivity contribution in [3.05, 3.63) is 45.4 Å². The van der Waals surface area contributed by atoms with Gasteiger partial charge in [0.05, 0.1) is 0 Å². The van der Waals surface area contributed by atoms with Gasteiger partial charge >= 0.3 is 0 Å². The number of nitrogens with zero attached hydrogens (tertiary/aromatic N) is 1. The number of pyridine rings is 1. The lowest BCUT2D eigenvalue weighted by molar-refractivity contribution is 0.0932. The van der Waals surface area contributed by atoms with Gasteiger partial charge in [-0.3, -0.25) is 14.5 Å². The summed E-state index contributed by atoms with van der Waals surface area (Å²) in [6.07, 6.45) is 5.63. The third-order valence-corrected chi connectivity index (χ3v) is 4.48. The van der Waals surface area contributed by atoms with Gasteiger partial charge in [0, 0.05) is 25.3 Å². The highest BCUT2D eigenvalue weighted by atomic mass is 16.2. The Balaban J connectivity index is 1.86. The van der Waals surface area contributed by atoms with E-state index in [9.17, 15) is 9.59 Å². The van der Waals surface area contributed by atoms with Gasteiger partial charge in [0.25, 0.3) is 11.5 Å². The van der Waals surface area contributed by atoms with Crippen LogP contribution in [-0.2, 0) is 0 Å². The highest BCUT2D eigenvalue weighted by Crippen LogP contribution is 2.17. The molecule has 24 heavy (non-hydrogen) atoms. The fourth-order valence-corrected chi connectivity index (χ4v) is 3.31. The number of hydrogen-bond donors (Lipinski definition) is 2. The predicted octanol–water partition coefficient (Wildman–Crippen LogP) is 2.48. The van der Waals surface area contributed by atoms with Crippen LogP contribution in [0.5, 0.6) is 0 Å². The summed E-state index contributed by atoms with van der Waals surface area (Å²) in [5.74, 6) is 0.164. The van der Waals surface area contributed by atoms with Crippen LogP contribution in [0.25, 0.3) is 0 Å². The summed E-state index contributed by atoms with van der Waals surface area (Å²) in [7, 11) is 0. The van der Waals surface area contributed by atoms with Gasteiger partial charge in [-0.25, -0.2) is 0 Å². The number of aromatic nitrogens is 1. The van der Waals surface area contributed by atoms with Crippen LogP contribution in [0.3, 0.4) is 0 Å². The van der Waals surface area contributed by atoms with Crippen LogP contribution >= 0.6 is 0 Å². The van der Waals surface area contributed by atoms with E-state index in [1.165, 1.54) is 5.57 Å². The van der Waals surface area contributed by atoms with E-state index in [0.29, 0.717) is 12.5 Å². The molecule has 1 saturated heterocycles. The average molecular weight is 331 g/mol. The SMILES string of the molecule is CCC=C(C)CN1CCCC(CNC(=O)c2ccc(C)[nH]c2=O)C1. The van der Waals surface area contributed by atoms with Crippen molar-refractivity contribution in [3.63, 3.8) is 0 Å². The number of aryl methyl sites for hydroxylation is 1. The minimum absolute atomic E-state index is 0.190. The van der Waals surface area contributed by atoms with Gasteiger partial charge in [0.15, 0.2) is 0 Å². The largest absolute Gasteiger partial charge is 0.352 e. The monoisotopic (exact) mass is 331 g/mol. The summed E-state index contributed by atoms with van der Waals surface area (Å²) in [4.78, 5) is 29.2. The first-order valence-corrected chi connectivity index (χ1v) is 8.85. The Kier molecular flexibility index (Phi) is 6.79. The van der Waals surface area contributed by atoms with Crippen molar-refractivity contribution < 1.29 is 4.79 Å². The second-order valence-corrected chi connectivity index (χ2v) is 6.80. The average Bonchev–Trinajstić information content (AvgIpc) is 2.53. The van der Waals surface area contributed by atoms with Crippen molar-refractivity contribution >= 4 is 5.91 Å². The molecule has 2 N–H and O–H groups in total. The lowest BCUT2D eigenvalue weighted by Crippen LogP contribution is -2.42. The van der Waals surface area contributed by atoms with Gasteiger partial charge < -0.3 is 10.3 Å². The van der Waals surface area contributed by atoms with Gasteiger partial charge in [-0.1, -0.05) is 18.6 Å². The Bertz CT molecular complexity index is 648. The Morgan fingerprint density at radius 1 is 1.46 bits per heavy atom. The van der Waals surface area contributed by atoms with Crippen LogP contribution in [0.1, 0.15) is 49.2 Å².